The lowest BCUT2D eigenvalue weighted by atomic mass is 10.1. The van der Waals surface area contributed by atoms with Crippen molar-refractivity contribution >= 4 is 11.0 Å². The van der Waals surface area contributed by atoms with Crippen molar-refractivity contribution in [2.45, 2.75) is 13.0 Å². The maximum atomic E-state index is 5.52. The van der Waals surface area contributed by atoms with E-state index in [0.717, 1.165) is 16.6 Å². The number of hydrazine groups is 1. The maximum Gasteiger partial charge on any atom is 0.0890 e. The van der Waals surface area contributed by atoms with Gasteiger partial charge >= 0.3 is 0 Å². The molecule has 3 N–H and O–H groups in total. The molecule has 1 heterocycles. The summed E-state index contributed by atoms with van der Waals surface area (Å²) < 4.78 is 5.37. The zero-order valence-corrected chi connectivity index (χ0v) is 9.76. The Balaban J connectivity index is 2.27. The largest absolute Gasteiger partial charge is 0.380 e. The minimum atomic E-state index is -0.0265. The third-order valence-corrected chi connectivity index (χ3v) is 2.59. The highest BCUT2D eigenvalue weighted by atomic mass is 16.5. The van der Waals surface area contributed by atoms with E-state index in [9.17, 15) is 0 Å². The SMILES string of the molecule is CCOCC(NN)c1ccc2nccnc2c1. The smallest absolute Gasteiger partial charge is 0.0890 e. The van der Waals surface area contributed by atoms with Crippen LogP contribution in [0.2, 0.25) is 0 Å². The molecule has 5 nitrogen and oxygen atoms in total. The molecule has 0 saturated carbocycles. The summed E-state index contributed by atoms with van der Waals surface area (Å²) in [4.78, 5) is 8.49. The quantitative estimate of drug-likeness (QED) is 0.598. The van der Waals surface area contributed by atoms with Gasteiger partial charge in [0.05, 0.1) is 23.7 Å². The molecule has 2 aromatic rings. The van der Waals surface area contributed by atoms with Crippen LogP contribution in [0.25, 0.3) is 11.0 Å². The van der Waals surface area contributed by atoms with E-state index in [0.29, 0.717) is 13.2 Å². The van der Waals surface area contributed by atoms with Crippen molar-refractivity contribution in [3.8, 4) is 0 Å². The fraction of sp³-hybridized carbons (Fsp3) is 0.333. The van der Waals surface area contributed by atoms with E-state index in [1.54, 1.807) is 12.4 Å². The molecule has 90 valence electrons. The molecular formula is C12H16N4O. The molecule has 2 rings (SSSR count). The Kier molecular flexibility index (Phi) is 3.98. The first kappa shape index (κ1) is 11.9. The van der Waals surface area contributed by atoms with Crippen LogP contribution < -0.4 is 11.3 Å². The predicted octanol–water partition coefficient (Wildman–Crippen LogP) is 1.17. The fourth-order valence-electron chi connectivity index (χ4n) is 1.67. The van der Waals surface area contributed by atoms with E-state index in [2.05, 4.69) is 15.4 Å². The molecule has 0 spiro atoms. The van der Waals surface area contributed by atoms with Crippen molar-refractivity contribution in [3.05, 3.63) is 36.2 Å². The molecule has 0 amide bonds. The number of rotatable bonds is 5. The molecule has 1 atom stereocenters. The van der Waals surface area contributed by atoms with Crippen molar-refractivity contribution in [2.75, 3.05) is 13.2 Å². The summed E-state index contributed by atoms with van der Waals surface area (Å²) in [6, 6.07) is 5.88. The maximum absolute atomic E-state index is 5.52. The first-order chi connectivity index (χ1) is 8.35. The summed E-state index contributed by atoms with van der Waals surface area (Å²) in [6.07, 6.45) is 3.36. The topological polar surface area (TPSA) is 73.1 Å². The molecule has 0 fully saturated rings. The average molecular weight is 232 g/mol. The Morgan fingerprint density at radius 2 is 2.06 bits per heavy atom. The number of ether oxygens (including phenoxy) is 1. The van der Waals surface area contributed by atoms with E-state index in [-0.39, 0.29) is 6.04 Å². The van der Waals surface area contributed by atoms with Gasteiger partial charge in [-0.3, -0.25) is 21.2 Å². The van der Waals surface area contributed by atoms with Crippen molar-refractivity contribution in [2.24, 2.45) is 5.84 Å². The summed E-state index contributed by atoms with van der Waals surface area (Å²) in [5.41, 5.74) is 5.54. The van der Waals surface area contributed by atoms with Gasteiger partial charge in [-0.15, -0.1) is 0 Å². The summed E-state index contributed by atoms with van der Waals surface area (Å²) in [7, 11) is 0. The lowest BCUT2D eigenvalue weighted by Gasteiger charge is -2.16. The molecule has 17 heavy (non-hydrogen) atoms. The number of nitrogens with zero attached hydrogens (tertiary/aromatic N) is 2. The molecule has 0 saturated heterocycles. The highest BCUT2D eigenvalue weighted by molar-refractivity contribution is 5.74. The van der Waals surface area contributed by atoms with Gasteiger partial charge in [-0.2, -0.15) is 0 Å². The molecule has 0 bridgehead atoms. The van der Waals surface area contributed by atoms with Crippen LogP contribution >= 0.6 is 0 Å². The zero-order valence-electron chi connectivity index (χ0n) is 9.76. The van der Waals surface area contributed by atoms with E-state index in [1.807, 2.05) is 25.1 Å². The Hall–Kier alpha value is -1.56. The molecule has 0 aliphatic carbocycles. The van der Waals surface area contributed by atoms with Crippen LogP contribution in [0.5, 0.6) is 0 Å². The third kappa shape index (κ3) is 2.76. The summed E-state index contributed by atoms with van der Waals surface area (Å²) in [5.74, 6) is 5.52. The summed E-state index contributed by atoms with van der Waals surface area (Å²) in [6.45, 7) is 3.17. The van der Waals surface area contributed by atoms with Gasteiger partial charge in [0.25, 0.3) is 0 Å². The number of nitrogens with two attached hydrogens (primary N) is 1. The second-order valence-electron chi connectivity index (χ2n) is 3.68. The Bertz CT molecular complexity index is 489. The summed E-state index contributed by atoms with van der Waals surface area (Å²) in [5, 5.41) is 0. The molecule has 1 aromatic carbocycles. The van der Waals surface area contributed by atoms with Crippen molar-refractivity contribution in [1.82, 2.24) is 15.4 Å². The number of hydrogen-bond donors (Lipinski definition) is 2. The van der Waals surface area contributed by atoms with Gasteiger partial charge in [-0.25, -0.2) is 0 Å². The van der Waals surface area contributed by atoms with E-state index >= 15 is 0 Å². The van der Waals surface area contributed by atoms with Crippen LogP contribution in [-0.4, -0.2) is 23.2 Å². The van der Waals surface area contributed by atoms with Gasteiger partial charge in [0, 0.05) is 19.0 Å². The Labute approximate surface area is 100.0 Å². The molecule has 0 aliphatic heterocycles. The van der Waals surface area contributed by atoms with Gasteiger partial charge < -0.3 is 4.74 Å². The molecule has 0 aliphatic rings. The van der Waals surface area contributed by atoms with Crippen LogP contribution in [0.4, 0.5) is 0 Å². The molecule has 1 aromatic heterocycles. The molecule has 0 radical (unpaired) electrons. The fourth-order valence-corrected chi connectivity index (χ4v) is 1.67. The first-order valence-electron chi connectivity index (χ1n) is 5.59. The number of nitrogens with one attached hydrogen (secondary N) is 1. The normalized spacial score (nSPS) is 12.8. The monoisotopic (exact) mass is 232 g/mol. The highest BCUT2D eigenvalue weighted by Crippen LogP contribution is 2.17. The van der Waals surface area contributed by atoms with Gasteiger partial charge in [0.2, 0.25) is 0 Å². The number of benzene rings is 1. The number of hydrogen-bond acceptors (Lipinski definition) is 5. The van der Waals surface area contributed by atoms with Crippen LogP contribution in [0.15, 0.2) is 30.6 Å². The van der Waals surface area contributed by atoms with Crippen molar-refractivity contribution in [3.63, 3.8) is 0 Å². The number of fused-ring (bicyclic) bond motifs is 1. The first-order valence-corrected chi connectivity index (χ1v) is 5.59. The number of aromatic nitrogens is 2. The average Bonchev–Trinajstić information content (AvgIpc) is 2.39. The Morgan fingerprint density at radius 3 is 2.76 bits per heavy atom. The van der Waals surface area contributed by atoms with Crippen molar-refractivity contribution < 1.29 is 4.74 Å². The van der Waals surface area contributed by atoms with E-state index < -0.39 is 0 Å². The van der Waals surface area contributed by atoms with Gasteiger partial charge in [-0.1, -0.05) is 6.07 Å². The van der Waals surface area contributed by atoms with Crippen molar-refractivity contribution in [1.29, 1.82) is 0 Å². The minimum Gasteiger partial charge on any atom is -0.380 e. The zero-order chi connectivity index (χ0) is 12.1. The van der Waals surface area contributed by atoms with E-state index in [1.165, 1.54) is 0 Å². The third-order valence-electron chi connectivity index (χ3n) is 2.59. The molecular weight excluding hydrogens is 216 g/mol. The second kappa shape index (κ2) is 5.67. The van der Waals surface area contributed by atoms with Crippen LogP contribution in [0.1, 0.15) is 18.5 Å². The molecule has 5 heteroatoms. The lowest BCUT2D eigenvalue weighted by molar-refractivity contribution is 0.123. The summed E-state index contributed by atoms with van der Waals surface area (Å²) >= 11 is 0. The Morgan fingerprint density at radius 1 is 1.29 bits per heavy atom. The van der Waals surface area contributed by atoms with Gasteiger partial charge in [0.15, 0.2) is 0 Å². The second-order valence-corrected chi connectivity index (χ2v) is 3.68. The van der Waals surface area contributed by atoms with E-state index in [4.69, 9.17) is 10.6 Å². The lowest BCUT2D eigenvalue weighted by Crippen LogP contribution is -2.31. The predicted molar refractivity (Wildman–Crippen MR) is 66.1 cm³/mol. The highest BCUT2D eigenvalue weighted by Gasteiger charge is 2.10. The van der Waals surface area contributed by atoms with Gasteiger partial charge in [-0.05, 0) is 24.6 Å². The van der Waals surface area contributed by atoms with Crippen LogP contribution in [0, 0.1) is 0 Å². The molecule has 1 unspecified atom stereocenters. The van der Waals surface area contributed by atoms with Gasteiger partial charge in [0.1, 0.15) is 0 Å². The standard InChI is InChI=1S/C12H16N4O/c1-2-17-8-12(16-13)9-3-4-10-11(7-9)15-6-5-14-10/h3-7,12,16H,2,8,13H2,1H3. The van der Waals surface area contributed by atoms with Crippen LogP contribution in [0.3, 0.4) is 0 Å². The van der Waals surface area contributed by atoms with Crippen LogP contribution in [-0.2, 0) is 4.74 Å². The minimum absolute atomic E-state index is 0.0265.